The largest absolute Gasteiger partial charge is 0.311 e. The van der Waals surface area contributed by atoms with E-state index in [-0.39, 0.29) is 10.8 Å². The van der Waals surface area contributed by atoms with Gasteiger partial charge in [-0.25, -0.2) is 17.4 Å². The monoisotopic (exact) mass is 392 g/mol. The molecule has 4 aromatic rings. The Morgan fingerprint density at radius 3 is 2.61 bits per heavy atom. The number of rotatable bonds is 4. The van der Waals surface area contributed by atoms with Crippen molar-refractivity contribution in [1.82, 2.24) is 13.9 Å². The van der Waals surface area contributed by atoms with E-state index in [2.05, 4.69) is 15.3 Å². The fraction of sp³-hybridized carbons (Fsp3) is 0.0500. The molecule has 3 heterocycles. The van der Waals surface area contributed by atoms with Gasteiger partial charge in [0.1, 0.15) is 5.82 Å². The molecule has 0 atom stereocenters. The number of nitrogens with zero attached hydrogens (tertiary/aromatic N) is 3. The summed E-state index contributed by atoms with van der Waals surface area (Å²) < 4.78 is 27.2. The Hall–Kier alpha value is -3.52. The second kappa shape index (κ2) is 6.90. The molecular weight excluding hydrogens is 376 g/mol. The van der Waals surface area contributed by atoms with E-state index in [9.17, 15) is 13.2 Å². The Balaban J connectivity index is 1.86. The molecule has 0 bridgehead atoms. The molecule has 0 aliphatic carbocycles. The number of carbonyl (C=O) groups excluding carboxylic acids is 1. The van der Waals surface area contributed by atoms with Gasteiger partial charge in [0.2, 0.25) is 5.91 Å². The zero-order valence-electron chi connectivity index (χ0n) is 14.9. The van der Waals surface area contributed by atoms with Gasteiger partial charge >= 0.3 is 0 Å². The first-order chi connectivity index (χ1) is 13.5. The van der Waals surface area contributed by atoms with Gasteiger partial charge in [0, 0.05) is 36.5 Å². The highest BCUT2D eigenvalue weighted by atomic mass is 32.2. The quantitative estimate of drug-likeness (QED) is 0.575. The van der Waals surface area contributed by atoms with Crippen molar-refractivity contribution in [2.24, 2.45) is 0 Å². The van der Waals surface area contributed by atoms with Gasteiger partial charge in [-0.15, -0.1) is 0 Å². The summed E-state index contributed by atoms with van der Waals surface area (Å²) in [6.07, 6.45) is 6.29. The van der Waals surface area contributed by atoms with E-state index in [4.69, 9.17) is 0 Å². The van der Waals surface area contributed by atoms with Gasteiger partial charge in [0.25, 0.3) is 10.0 Å². The van der Waals surface area contributed by atoms with Crippen molar-refractivity contribution in [3.8, 4) is 11.1 Å². The predicted octanol–water partition coefficient (Wildman–Crippen LogP) is 3.29. The third-order valence-electron chi connectivity index (χ3n) is 4.26. The van der Waals surface area contributed by atoms with Crippen molar-refractivity contribution >= 4 is 32.7 Å². The van der Waals surface area contributed by atoms with Gasteiger partial charge in [0.15, 0.2) is 0 Å². The summed E-state index contributed by atoms with van der Waals surface area (Å²) in [7, 11) is -3.74. The highest BCUT2D eigenvalue weighted by Gasteiger charge is 2.20. The number of hydrogen-bond acceptors (Lipinski definition) is 5. The molecule has 0 saturated carbocycles. The highest BCUT2D eigenvalue weighted by molar-refractivity contribution is 7.90. The second-order valence-electron chi connectivity index (χ2n) is 6.16. The van der Waals surface area contributed by atoms with Crippen LogP contribution in [0.25, 0.3) is 22.0 Å². The first kappa shape index (κ1) is 17.9. The topological polar surface area (TPSA) is 94.0 Å². The molecule has 0 aliphatic rings. The zero-order valence-corrected chi connectivity index (χ0v) is 15.7. The minimum atomic E-state index is -3.74. The molecule has 28 heavy (non-hydrogen) atoms. The number of nitrogens with one attached hydrogen (secondary N) is 1. The van der Waals surface area contributed by atoms with E-state index in [0.29, 0.717) is 11.3 Å². The zero-order chi connectivity index (χ0) is 19.7. The number of pyridine rings is 2. The molecular formula is C20H16N4O3S. The number of carbonyl (C=O) groups is 1. The number of fused-ring (bicyclic) bond motifs is 1. The van der Waals surface area contributed by atoms with E-state index in [1.54, 1.807) is 60.9 Å². The minimum absolute atomic E-state index is 0.203. The van der Waals surface area contributed by atoms with Gasteiger partial charge in [-0.1, -0.05) is 18.2 Å². The normalized spacial score (nSPS) is 11.5. The maximum atomic E-state index is 13.0. The van der Waals surface area contributed by atoms with E-state index in [0.717, 1.165) is 16.5 Å². The summed E-state index contributed by atoms with van der Waals surface area (Å²) in [5.41, 5.74) is 1.99. The first-order valence-electron chi connectivity index (χ1n) is 8.46. The summed E-state index contributed by atoms with van der Waals surface area (Å²) in [4.78, 5) is 19.8. The molecule has 7 nitrogen and oxygen atoms in total. The van der Waals surface area contributed by atoms with Crippen LogP contribution in [0.2, 0.25) is 0 Å². The Labute approximate surface area is 161 Å². The Morgan fingerprint density at radius 2 is 1.86 bits per heavy atom. The standard InChI is InChI=1S/C20H16N4O3S/c1-14(25)23-20-11-15(7-9-22-20)18-12-21-13-19-17(18)8-10-24(19)28(26,27)16-5-3-2-4-6-16/h2-13H,1H3,(H,22,23,25). The third kappa shape index (κ3) is 3.14. The van der Waals surface area contributed by atoms with Crippen LogP contribution in [0.5, 0.6) is 0 Å². The first-order valence-corrected chi connectivity index (χ1v) is 9.90. The number of anilines is 1. The SMILES string of the molecule is CC(=O)Nc1cc(-c2cncc3c2ccn3S(=O)(=O)c2ccccc2)ccn1. The van der Waals surface area contributed by atoms with Crippen LogP contribution in [0.15, 0.2) is 78.2 Å². The maximum absolute atomic E-state index is 13.0. The van der Waals surface area contributed by atoms with Crippen LogP contribution in [-0.2, 0) is 14.8 Å². The van der Waals surface area contributed by atoms with Gasteiger partial charge in [-0.2, -0.15) is 0 Å². The molecule has 0 aliphatic heterocycles. The average Bonchev–Trinajstić information content (AvgIpc) is 3.13. The van der Waals surface area contributed by atoms with E-state index >= 15 is 0 Å². The Morgan fingerprint density at radius 1 is 1.07 bits per heavy atom. The Bertz CT molecular complexity index is 1280. The van der Waals surface area contributed by atoms with Crippen LogP contribution in [0.3, 0.4) is 0 Å². The lowest BCUT2D eigenvalue weighted by atomic mass is 10.1. The molecule has 140 valence electrons. The number of aromatic nitrogens is 3. The molecule has 0 spiro atoms. The molecule has 1 aromatic carbocycles. The van der Waals surface area contributed by atoms with Gasteiger partial charge < -0.3 is 5.32 Å². The average molecular weight is 392 g/mol. The van der Waals surface area contributed by atoms with Crippen LogP contribution in [0.4, 0.5) is 5.82 Å². The minimum Gasteiger partial charge on any atom is -0.311 e. The van der Waals surface area contributed by atoms with Crippen LogP contribution in [0, 0.1) is 0 Å². The van der Waals surface area contributed by atoms with Crippen molar-refractivity contribution in [3.63, 3.8) is 0 Å². The molecule has 3 aromatic heterocycles. The molecule has 0 fully saturated rings. The fourth-order valence-corrected chi connectivity index (χ4v) is 4.38. The maximum Gasteiger partial charge on any atom is 0.268 e. The Kier molecular flexibility index (Phi) is 4.40. The fourth-order valence-electron chi connectivity index (χ4n) is 3.03. The van der Waals surface area contributed by atoms with Crippen LogP contribution < -0.4 is 5.32 Å². The second-order valence-corrected chi connectivity index (χ2v) is 7.98. The highest BCUT2D eigenvalue weighted by Crippen LogP contribution is 2.31. The number of benzene rings is 1. The predicted molar refractivity (Wildman–Crippen MR) is 106 cm³/mol. The van der Waals surface area contributed by atoms with Gasteiger partial charge in [-0.05, 0) is 35.9 Å². The van der Waals surface area contributed by atoms with E-state index < -0.39 is 10.0 Å². The lowest BCUT2D eigenvalue weighted by Gasteiger charge is -2.09. The van der Waals surface area contributed by atoms with Crippen molar-refractivity contribution in [2.75, 3.05) is 5.32 Å². The summed E-state index contributed by atoms with van der Waals surface area (Å²) in [5, 5.41) is 3.37. The van der Waals surface area contributed by atoms with E-state index in [1.165, 1.54) is 23.3 Å². The molecule has 1 N–H and O–H groups in total. The summed E-state index contributed by atoms with van der Waals surface area (Å²) in [5.74, 6) is 0.194. The van der Waals surface area contributed by atoms with Crippen molar-refractivity contribution in [2.45, 2.75) is 11.8 Å². The van der Waals surface area contributed by atoms with Crippen LogP contribution in [0.1, 0.15) is 6.92 Å². The summed E-state index contributed by atoms with van der Waals surface area (Å²) in [6.45, 7) is 1.41. The smallest absolute Gasteiger partial charge is 0.268 e. The molecule has 0 saturated heterocycles. The van der Waals surface area contributed by atoms with Gasteiger partial charge in [-0.3, -0.25) is 9.78 Å². The van der Waals surface area contributed by atoms with Crippen LogP contribution >= 0.6 is 0 Å². The molecule has 0 unspecified atom stereocenters. The third-order valence-corrected chi connectivity index (χ3v) is 5.96. The molecule has 4 rings (SSSR count). The molecule has 0 radical (unpaired) electrons. The molecule has 1 amide bonds. The summed E-state index contributed by atoms with van der Waals surface area (Å²) in [6, 6.07) is 13.5. The van der Waals surface area contributed by atoms with Crippen LogP contribution in [-0.4, -0.2) is 28.3 Å². The number of hydrogen-bond donors (Lipinski definition) is 1. The van der Waals surface area contributed by atoms with Gasteiger partial charge in [0.05, 0.1) is 16.6 Å². The lowest BCUT2D eigenvalue weighted by Crippen LogP contribution is -2.11. The van der Waals surface area contributed by atoms with E-state index in [1.807, 2.05) is 0 Å². The number of amides is 1. The van der Waals surface area contributed by atoms with Crippen molar-refractivity contribution < 1.29 is 13.2 Å². The molecule has 8 heteroatoms. The lowest BCUT2D eigenvalue weighted by molar-refractivity contribution is -0.114. The van der Waals surface area contributed by atoms with Crippen molar-refractivity contribution in [3.05, 3.63) is 73.3 Å². The van der Waals surface area contributed by atoms with Crippen molar-refractivity contribution in [1.29, 1.82) is 0 Å². The summed E-state index contributed by atoms with van der Waals surface area (Å²) >= 11 is 0.